The summed E-state index contributed by atoms with van der Waals surface area (Å²) in [5.41, 5.74) is 1.14. The first-order valence-corrected chi connectivity index (χ1v) is 5.68. The molecular weight excluding hydrogens is 189 g/mol. The van der Waals surface area contributed by atoms with Crippen LogP contribution >= 0.6 is 0 Å². The summed E-state index contributed by atoms with van der Waals surface area (Å²) in [6.07, 6.45) is 2.25. The Morgan fingerprint density at radius 1 is 1.13 bits per heavy atom. The fourth-order valence-electron chi connectivity index (χ4n) is 1.73. The molecule has 0 heterocycles. The van der Waals surface area contributed by atoms with E-state index in [1.165, 1.54) is 12.1 Å². The number of hydrogen-bond donors (Lipinski definition) is 1. The average Bonchev–Trinajstić information content (AvgIpc) is 2.26. The molecule has 0 aromatic heterocycles. The molecule has 0 aliphatic carbocycles. The van der Waals surface area contributed by atoms with E-state index in [0.717, 1.165) is 18.4 Å². The highest BCUT2D eigenvalue weighted by Gasteiger charge is 2.09. The predicted octanol–water partition coefficient (Wildman–Crippen LogP) is 3.66. The quantitative estimate of drug-likeness (QED) is 0.780. The summed E-state index contributed by atoms with van der Waals surface area (Å²) in [5.74, 6) is -0.173. The minimum Gasteiger partial charge on any atom is -0.307 e. The molecule has 0 fully saturated rings. The second-order valence-corrected chi connectivity index (χ2v) is 3.95. The van der Waals surface area contributed by atoms with Crippen molar-refractivity contribution in [2.75, 3.05) is 0 Å². The van der Waals surface area contributed by atoms with Gasteiger partial charge >= 0.3 is 0 Å². The SMILES string of the molecule is CCC(CC)NC(C)c1ccc(F)cc1. The van der Waals surface area contributed by atoms with Crippen LogP contribution in [0, 0.1) is 5.82 Å². The van der Waals surface area contributed by atoms with Crippen LogP contribution in [0.15, 0.2) is 24.3 Å². The van der Waals surface area contributed by atoms with Gasteiger partial charge < -0.3 is 5.32 Å². The van der Waals surface area contributed by atoms with E-state index < -0.39 is 0 Å². The molecule has 0 aliphatic rings. The van der Waals surface area contributed by atoms with E-state index in [9.17, 15) is 4.39 Å². The maximum absolute atomic E-state index is 12.7. The number of hydrogen-bond acceptors (Lipinski definition) is 1. The molecule has 0 spiro atoms. The lowest BCUT2D eigenvalue weighted by atomic mass is 10.1. The van der Waals surface area contributed by atoms with Crippen LogP contribution in [0.5, 0.6) is 0 Å². The summed E-state index contributed by atoms with van der Waals surface area (Å²) in [6.45, 7) is 6.47. The molecule has 0 saturated carbocycles. The van der Waals surface area contributed by atoms with Crippen molar-refractivity contribution >= 4 is 0 Å². The van der Waals surface area contributed by atoms with Crippen LogP contribution in [-0.2, 0) is 0 Å². The molecule has 0 aliphatic heterocycles. The molecule has 0 radical (unpaired) electrons. The van der Waals surface area contributed by atoms with Gasteiger partial charge in [-0.2, -0.15) is 0 Å². The Kier molecular flexibility index (Phi) is 4.76. The fourth-order valence-corrected chi connectivity index (χ4v) is 1.73. The third-order valence-corrected chi connectivity index (χ3v) is 2.84. The lowest BCUT2D eigenvalue weighted by molar-refractivity contribution is 0.432. The summed E-state index contributed by atoms with van der Waals surface area (Å²) >= 11 is 0. The molecule has 0 saturated heterocycles. The number of nitrogens with one attached hydrogen (secondary N) is 1. The van der Waals surface area contributed by atoms with Crippen molar-refractivity contribution in [2.24, 2.45) is 0 Å². The Labute approximate surface area is 91.7 Å². The van der Waals surface area contributed by atoms with Crippen LogP contribution in [0.1, 0.15) is 45.2 Å². The fraction of sp³-hybridized carbons (Fsp3) is 0.538. The Morgan fingerprint density at radius 3 is 2.13 bits per heavy atom. The number of benzene rings is 1. The van der Waals surface area contributed by atoms with Crippen molar-refractivity contribution in [1.82, 2.24) is 5.32 Å². The molecule has 1 nitrogen and oxygen atoms in total. The minimum atomic E-state index is -0.173. The summed E-state index contributed by atoms with van der Waals surface area (Å²) in [7, 11) is 0. The van der Waals surface area contributed by atoms with Gasteiger partial charge in [0.1, 0.15) is 5.82 Å². The van der Waals surface area contributed by atoms with Crippen molar-refractivity contribution in [1.29, 1.82) is 0 Å². The van der Waals surface area contributed by atoms with Gasteiger partial charge in [-0.1, -0.05) is 26.0 Å². The Balaban J connectivity index is 2.60. The monoisotopic (exact) mass is 209 g/mol. The molecule has 1 rings (SSSR count). The zero-order chi connectivity index (χ0) is 11.3. The van der Waals surface area contributed by atoms with Gasteiger partial charge in [0.2, 0.25) is 0 Å². The Hall–Kier alpha value is -0.890. The number of rotatable bonds is 5. The lowest BCUT2D eigenvalue weighted by Crippen LogP contribution is -2.30. The van der Waals surface area contributed by atoms with E-state index >= 15 is 0 Å². The molecule has 1 aromatic carbocycles. The standard InChI is InChI=1S/C13H20FN/c1-4-13(5-2)15-10(3)11-6-8-12(14)9-7-11/h6-10,13,15H,4-5H2,1-3H3. The summed E-state index contributed by atoms with van der Waals surface area (Å²) in [6, 6.07) is 7.55. The van der Waals surface area contributed by atoms with Gasteiger partial charge in [0.25, 0.3) is 0 Å². The molecule has 0 amide bonds. The Morgan fingerprint density at radius 2 is 1.67 bits per heavy atom. The molecule has 15 heavy (non-hydrogen) atoms. The zero-order valence-electron chi connectivity index (χ0n) is 9.76. The molecule has 1 atom stereocenters. The van der Waals surface area contributed by atoms with E-state index in [1.807, 2.05) is 12.1 Å². The van der Waals surface area contributed by atoms with Crippen LogP contribution in [0.3, 0.4) is 0 Å². The lowest BCUT2D eigenvalue weighted by Gasteiger charge is -2.21. The van der Waals surface area contributed by atoms with Crippen molar-refractivity contribution in [2.45, 2.75) is 45.7 Å². The van der Waals surface area contributed by atoms with Crippen LogP contribution < -0.4 is 5.32 Å². The van der Waals surface area contributed by atoms with Gasteiger partial charge in [0, 0.05) is 12.1 Å². The third kappa shape index (κ3) is 3.63. The molecule has 1 unspecified atom stereocenters. The van der Waals surface area contributed by atoms with Crippen LogP contribution in [-0.4, -0.2) is 6.04 Å². The summed E-state index contributed by atoms with van der Waals surface area (Å²) < 4.78 is 12.7. The normalized spacial score (nSPS) is 13.1. The van der Waals surface area contributed by atoms with E-state index in [4.69, 9.17) is 0 Å². The van der Waals surface area contributed by atoms with Crippen LogP contribution in [0.4, 0.5) is 4.39 Å². The van der Waals surface area contributed by atoms with Crippen molar-refractivity contribution < 1.29 is 4.39 Å². The van der Waals surface area contributed by atoms with E-state index in [-0.39, 0.29) is 11.9 Å². The largest absolute Gasteiger partial charge is 0.307 e. The first-order valence-electron chi connectivity index (χ1n) is 5.68. The van der Waals surface area contributed by atoms with Crippen molar-refractivity contribution in [3.63, 3.8) is 0 Å². The summed E-state index contributed by atoms with van der Waals surface area (Å²) in [5, 5.41) is 3.53. The van der Waals surface area contributed by atoms with Crippen LogP contribution in [0.25, 0.3) is 0 Å². The maximum atomic E-state index is 12.7. The van der Waals surface area contributed by atoms with Gasteiger partial charge in [0.15, 0.2) is 0 Å². The first kappa shape index (κ1) is 12.2. The smallest absolute Gasteiger partial charge is 0.123 e. The summed E-state index contributed by atoms with van der Waals surface area (Å²) in [4.78, 5) is 0. The van der Waals surface area contributed by atoms with Gasteiger partial charge in [-0.15, -0.1) is 0 Å². The second kappa shape index (κ2) is 5.86. The molecular formula is C13H20FN. The molecule has 1 N–H and O–H groups in total. The van der Waals surface area contributed by atoms with Gasteiger partial charge in [-0.05, 0) is 37.5 Å². The zero-order valence-corrected chi connectivity index (χ0v) is 9.76. The highest BCUT2D eigenvalue weighted by Crippen LogP contribution is 2.14. The molecule has 1 aromatic rings. The average molecular weight is 209 g/mol. The van der Waals surface area contributed by atoms with E-state index in [0.29, 0.717) is 6.04 Å². The predicted molar refractivity (Wildman–Crippen MR) is 62.3 cm³/mol. The molecule has 0 bridgehead atoms. The number of halogens is 1. The highest BCUT2D eigenvalue weighted by atomic mass is 19.1. The van der Waals surface area contributed by atoms with Crippen molar-refractivity contribution in [3.05, 3.63) is 35.6 Å². The maximum Gasteiger partial charge on any atom is 0.123 e. The van der Waals surface area contributed by atoms with Gasteiger partial charge in [0.05, 0.1) is 0 Å². The van der Waals surface area contributed by atoms with Crippen LogP contribution in [0.2, 0.25) is 0 Å². The Bertz CT molecular complexity index is 277. The third-order valence-electron chi connectivity index (χ3n) is 2.84. The first-order chi connectivity index (χ1) is 7.17. The van der Waals surface area contributed by atoms with E-state index in [2.05, 4.69) is 26.1 Å². The highest BCUT2D eigenvalue weighted by molar-refractivity contribution is 5.19. The molecule has 2 heteroatoms. The molecule has 84 valence electrons. The topological polar surface area (TPSA) is 12.0 Å². The van der Waals surface area contributed by atoms with E-state index in [1.54, 1.807) is 0 Å². The van der Waals surface area contributed by atoms with Crippen molar-refractivity contribution in [3.8, 4) is 0 Å². The van der Waals surface area contributed by atoms with Gasteiger partial charge in [-0.3, -0.25) is 0 Å². The second-order valence-electron chi connectivity index (χ2n) is 3.95. The van der Waals surface area contributed by atoms with Gasteiger partial charge in [-0.25, -0.2) is 4.39 Å². The minimum absolute atomic E-state index is 0.173.